The summed E-state index contributed by atoms with van der Waals surface area (Å²) in [5.41, 5.74) is 1.45. The molecular formula is C24H32O3. The first-order chi connectivity index (χ1) is 12.7. The molecule has 0 amide bonds. The Hall–Kier alpha value is -2.28. The van der Waals surface area contributed by atoms with Gasteiger partial charge in [0, 0.05) is 0 Å². The van der Waals surface area contributed by atoms with Crippen LogP contribution in [0.25, 0.3) is 0 Å². The van der Waals surface area contributed by atoms with Crippen LogP contribution in [0, 0.1) is 17.8 Å². The zero-order chi connectivity index (χ0) is 20.3. The van der Waals surface area contributed by atoms with Gasteiger partial charge in [0.2, 0.25) is 0 Å². The van der Waals surface area contributed by atoms with E-state index in [0.29, 0.717) is 6.61 Å². The zero-order valence-electron chi connectivity index (χ0n) is 17.2. The minimum Gasteiger partial charge on any atom is -0.497 e. The van der Waals surface area contributed by atoms with Gasteiger partial charge in [-0.25, -0.2) is 0 Å². The van der Waals surface area contributed by atoms with Crippen molar-refractivity contribution in [3.8, 4) is 18.1 Å². The number of aliphatic hydroxyl groups excluding tert-OH is 1. The summed E-state index contributed by atoms with van der Waals surface area (Å²) in [6.07, 6.45) is 15.7. The van der Waals surface area contributed by atoms with Crippen molar-refractivity contribution < 1.29 is 14.6 Å². The van der Waals surface area contributed by atoms with Crippen LogP contribution in [-0.4, -0.2) is 24.4 Å². The summed E-state index contributed by atoms with van der Waals surface area (Å²) >= 11 is 0. The molecule has 3 nitrogen and oxygen atoms in total. The third-order valence-corrected chi connectivity index (χ3v) is 4.22. The summed E-state index contributed by atoms with van der Waals surface area (Å²) in [5.74, 6) is 3.37. The second-order valence-corrected chi connectivity index (χ2v) is 7.59. The molecule has 0 spiro atoms. The van der Waals surface area contributed by atoms with E-state index in [-0.39, 0.29) is 12.0 Å². The molecule has 0 aliphatic rings. The molecule has 0 aromatic heterocycles. The molecule has 3 heteroatoms. The Balaban J connectivity index is 2.99. The molecule has 1 aromatic carbocycles. The average molecular weight is 369 g/mol. The van der Waals surface area contributed by atoms with E-state index >= 15 is 0 Å². The van der Waals surface area contributed by atoms with Crippen molar-refractivity contribution in [2.75, 3.05) is 13.7 Å². The number of allylic oxidation sites excluding steroid dienone is 4. The van der Waals surface area contributed by atoms with Gasteiger partial charge >= 0.3 is 0 Å². The molecule has 1 atom stereocenters. The summed E-state index contributed by atoms with van der Waals surface area (Å²) < 4.78 is 11.5. The van der Waals surface area contributed by atoms with Crippen LogP contribution in [0.3, 0.4) is 0 Å². The highest BCUT2D eigenvalue weighted by atomic mass is 16.5. The van der Waals surface area contributed by atoms with E-state index < -0.39 is 5.60 Å². The molecule has 1 rings (SSSR count). The highest BCUT2D eigenvalue weighted by Gasteiger charge is 2.30. The number of rotatable bonds is 10. The van der Waals surface area contributed by atoms with Crippen molar-refractivity contribution in [1.82, 2.24) is 0 Å². The van der Waals surface area contributed by atoms with Gasteiger partial charge in [-0.3, -0.25) is 0 Å². The van der Waals surface area contributed by atoms with Crippen LogP contribution >= 0.6 is 0 Å². The standard InChI is InChI=1S/C24H32O3/c1-7-9-20(2)14-16-24(5,19-23(3,4)15-8-17-25)27-18-21-10-12-22(26-6)13-11-21/h1,8-16,25H,17-19H2,2-6H3/b15-8+,16-14+,20-9+/t24-/m0/s1. The van der Waals surface area contributed by atoms with Gasteiger partial charge in [-0.2, -0.15) is 0 Å². The fourth-order valence-corrected chi connectivity index (χ4v) is 2.95. The molecular weight excluding hydrogens is 336 g/mol. The summed E-state index contributed by atoms with van der Waals surface area (Å²) in [6, 6.07) is 7.87. The lowest BCUT2D eigenvalue weighted by Crippen LogP contribution is -2.32. The molecule has 0 aliphatic heterocycles. The van der Waals surface area contributed by atoms with Crippen LogP contribution in [0.2, 0.25) is 0 Å². The third-order valence-electron chi connectivity index (χ3n) is 4.22. The topological polar surface area (TPSA) is 38.7 Å². The Morgan fingerprint density at radius 3 is 2.41 bits per heavy atom. The SMILES string of the molecule is C#C/C=C(C)/C=C/[C@@](C)(CC(C)(C)/C=C/CO)OCc1ccc(OC)cc1. The summed E-state index contributed by atoms with van der Waals surface area (Å²) in [4.78, 5) is 0. The molecule has 1 aromatic rings. The number of benzene rings is 1. The van der Waals surface area contributed by atoms with Crippen LogP contribution in [0.15, 0.2) is 60.2 Å². The molecule has 146 valence electrons. The number of hydrogen-bond donors (Lipinski definition) is 1. The van der Waals surface area contributed by atoms with E-state index in [2.05, 4.69) is 32.8 Å². The maximum Gasteiger partial charge on any atom is 0.118 e. The van der Waals surface area contributed by atoms with Gasteiger partial charge in [-0.15, -0.1) is 6.42 Å². The Bertz CT molecular complexity index is 702. The Kier molecular flexibility index (Phi) is 9.08. The van der Waals surface area contributed by atoms with Crippen LogP contribution in [0.1, 0.15) is 39.7 Å². The van der Waals surface area contributed by atoms with Crippen LogP contribution in [0.4, 0.5) is 0 Å². The number of terminal acetylenes is 1. The van der Waals surface area contributed by atoms with Gasteiger partial charge < -0.3 is 14.6 Å². The molecule has 1 N–H and O–H groups in total. The van der Waals surface area contributed by atoms with Crippen LogP contribution < -0.4 is 4.74 Å². The number of aliphatic hydroxyl groups is 1. The van der Waals surface area contributed by atoms with Crippen molar-refractivity contribution in [1.29, 1.82) is 0 Å². The van der Waals surface area contributed by atoms with Gasteiger partial charge in [-0.1, -0.05) is 56.2 Å². The largest absolute Gasteiger partial charge is 0.497 e. The Morgan fingerprint density at radius 2 is 1.85 bits per heavy atom. The first kappa shape index (κ1) is 22.8. The Morgan fingerprint density at radius 1 is 1.19 bits per heavy atom. The molecule has 27 heavy (non-hydrogen) atoms. The highest BCUT2D eigenvalue weighted by Crippen LogP contribution is 2.34. The average Bonchev–Trinajstić information content (AvgIpc) is 2.64. The lowest BCUT2D eigenvalue weighted by Gasteiger charge is -2.34. The van der Waals surface area contributed by atoms with Crippen molar-refractivity contribution in [2.24, 2.45) is 5.41 Å². The van der Waals surface area contributed by atoms with Crippen LogP contribution in [-0.2, 0) is 11.3 Å². The maximum absolute atomic E-state index is 9.09. The smallest absolute Gasteiger partial charge is 0.118 e. The van der Waals surface area contributed by atoms with Crippen LogP contribution in [0.5, 0.6) is 5.75 Å². The van der Waals surface area contributed by atoms with Crippen molar-refractivity contribution in [3.63, 3.8) is 0 Å². The fourth-order valence-electron chi connectivity index (χ4n) is 2.95. The van der Waals surface area contributed by atoms with E-state index in [9.17, 15) is 0 Å². The molecule has 0 unspecified atom stereocenters. The molecule has 0 fully saturated rings. The minimum absolute atomic E-state index is 0.0344. The maximum atomic E-state index is 9.09. The zero-order valence-corrected chi connectivity index (χ0v) is 17.2. The first-order valence-electron chi connectivity index (χ1n) is 9.11. The number of hydrogen-bond acceptors (Lipinski definition) is 3. The molecule has 0 radical (unpaired) electrons. The van der Waals surface area contributed by atoms with E-state index in [1.165, 1.54) is 0 Å². The molecule has 0 heterocycles. The monoisotopic (exact) mass is 368 g/mol. The van der Waals surface area contributed by atoms with Crippen molar-refractivity contribution in [3.05, 3.63) is 65.8 Å². The quantitative estimate of drug-likeness (QED) is 0.356. The predicted molar refractivity (Wildman–Crippen MR) is 113 cm³/mol. The van der Waals surface area contributed by atoms with Crippen molar-refractivity contribution in [2.45, 2.75) is 46.3 Å². The fraction of sp³-hybridized carbons (Fsp3) is 0.417. The number of methoxy groups -OCH3 is 1. The van der Waals surface area contributed by atoms with E-state index in [4.69, 9.17) is 21.0 Å². The Labute approximate surface area is 164 Å². The normalized spacial score (nSPS) is 15.1. The molecule has 0 saturated heterocycles. The van der Waals surface area contributed by atoms with Gasteiger partial charge in [0.25, 0.3) is 0 Å². The lowest BCUT2D eigenvalue weighted by molar-refractivity contribution is -0.0284. The highest BCUT2D eigenvalue weighted by molar-refractivity contribution is 5.28. The van der Waals surface area contributed by atoms with Gasteiger partial charge in [0.05, 0.1) is 25.9 Å². The summed E-state index contributed by atoms with van der Waals surface area (Å²) in [7, 11) is 1.65. The lowest BCUT2D eigenvalue weighted by atomic mass is 9.80. The van der Waals surface area contributed by atoms with E-state index in [1.54, 1.807) is 19.3 Å². The van der Waals surface area contributed by atoms with E-state index in [1.807, 2.05) is 43.3 Å². The first-order valence-corrected chi connectivity index (χ1v) is 9.11. The van der Waals surface area contributed by atoms with E-state index in [0.717, 1.165) is 23.3 Å². The summed E-state index contributed by atoms with van der Waals surface area (Å²) in [6.45, 7) is 8.83. The second kappa shape index (κ2) is 10.8. The molecule has 0 saturated carbocycles. The van der Waals surface area contributed by atoms with Gasteiger partial charge in [0.1, 0.15) is 5.75 Å². The summed E-state index contributed by atoms with van der Waals surface area (Å²) in [5, 5.41) is 9.09. The minimum atomic E-state index is -0.493. The third kappa shape index (κ3) is 8.77. The predicted octanol–water partition coefficient (Wildman–Crippen LogP) is 5.07. The molecule has 0 aliphatic carbocycles. The second-order valence-electron chi connectivity index (χ2n) is 7.59. The van der Waals surface area contributed by atoms with Gasteiger partial charge in [-0.05, 0) is 55.0 Å². The number of ether oxygens (including phenoxy) is 2. The van der Waals surface area contributed by atoms with Gasteiger partial charge in [0.15, 0.2) is 0 Å². The van der Waals surface area contributed by atoms with Crippen molar-refractivity contribution >= 4 is 0 Å². The molecule has 0 bridgehead atoms.